The lowest BCUT2D eigenvalue weighted by Gasteiger charge is -2.36. The first-order valence-electron chi connectivity index (χ1n) is 4.57. The summed E-state index contributed by atoms with van der Waals surface area (Å²) in [5, 5.41) is 0. The minimum absolute atomic E-state index is 0.258. The summed E-state index contributed by atoms with van der Waals surface area (Å²) >= 11 is 0. The van der Waals surface area contributed by atoms with Gasteiger partial charge in [0.1, 0.15) is 5.72 Å². The normalized spacial score (nSPS) is 33.7. The Bertz CT molecular complexity index is 213. The number of amides is 1. The fraction of sp³-hybridized carbons (Fsp3) is 0.889. The summed E-state index contributed by atoms with van der Waals surface area (Å²) in [7, 11) is 0. The Kier molecular flexibility index (Phi) is 1.65. The van der Waals surface area contributed by atoms with Gasteiger partial charge in [0.25, 0.3) is 0 Å². The number of carbonyl (C=O) groups is 1. The van der Waals surface area contributed by atoms with Crippen molar-refractivity contribution in [1.82, 2.24) is 4.90 Å². The van der Waals surface area contributed by atoms with Crippen LogP contribution in [0.2, 0.25) is 0 Å². The molecule has 0 aromatic carbocycles. The summed E-state index contributed by atoms with van der Waals surface area (Å²) in [5.74, 6) is 0.258. The molecule has 1 unspecified atom stereocenters. The van der Waals surface area contributed by atoms with Crippen molar-refractivity contribution in [3.63, 3.8) is 0 Å². The number of fused-ring (bicyclic) bond motifs is 1. The fourth-order valence-corrected chi connectivity index (χ4v) is 2.21. The van der Waals surface area contributed by atoms with Crippen LogP contribution in [0, 0.1) is 0 Å². The molecule has 2 fully saturated rings. The summed E-state index contributed by atoms with van der Waals surface area (Å²) in [5.41, 5.74) is -0.359. The topological polar surface area (TPSA) is 29.5 Å². The number of nitrogens with zero attached hydrogens (tertiary/aromatic N) is 1. The van der Waals surface area contributed by atoms with Gasteiger partial charge in [-0.05, 0) is 26.7 Å². The van der Waals surface area contributed by atoms with E-state index < -0.39 is 0 Å². The molecule has 2 aliphatic heterocycles. The smallest absolute Gasteiger partial charge is 0.225 e. The zero-order chi connectivity index (χ0) is 8.77. The summed E-state index contributed by atoms with van der Waals surface area (Å²) in [4.78, 5) is 13.5. The molecular weight excluding hydrogens is 154 g/mol. The lowest BCUT2D eigenvalue weighted by atomic mass is 10.0. The van der Waals surface area contributed by atoms with Gasteiger partial charge in [0, 0.05) is 6.42 Å². The Hall–Kier alpha value is -0.570. The van der Waals surface area contributed by atoms with Gasteiger partial charge in [-0.15, -0.1) is 0 Å². The van der Waals surface area contributed by atoms with Gasteiger partial charge in [0.2, 0.25) is 5.91 Å². The van der Waals surface area contributed by atoms with E-state index in [-0.39, 0.29) is 11.6 Å². The molecule has 1 amide bonds. The Balaban J connectivity index is 2.23. The Morgan fingerprint density at radius 2 is 2.33 bits per heavy atom. The van der Waals surface area contributed by atoms with Gasteiger partial charge < -0.3 is 9.64 Å². The number of ether oxygens (including phenoxy) is 1. The van der Waals surface area contributed by atoms with Crippen molar-refractivity contribution in [2.75, 3.05) is 6.61 Å². The highest BCUT2D eigenvalue weighted by Crippen LogP contribution is 2.33. The van der Waals surface area contributed by atoms with Gasteiger partial charge in [-0.2, -0.15) is 0 Å². The van der Waals surface area contributed by atoms with Crippen molar-refractivity contribution in [1.29, 1.82) is 0 Å². The second-order valence-corrected chi connectivity index (χ2v) is 4.07. The second-order valence-electron chi connectivity index (χ2n) is 4.07. The molecule has 0 bridgehead atoms. The Morgan fingerprint density at radius 3 is 3.00 bits per heavy atom. The third kappa shape index (κ3) is 1.04. The molecular formula is C9H15NO2. The lowest BCUT2D eigenvalue weighted by Crippen LogP contribution is -2.49. The van der Waals surface area contributed by atoms with E-state index >= 15 is 0 Å². The SMILES string of the molecule is CC1(C)OCC2CCCC(=O)N21. The molecule has 12 heavy (non-hydrogen) atoms. The van der Waals surface area contributed by atoms with Gasteiger partial charge in [-0.25, -0.2) is 0 Å². The van der Waals surface area contributed by atoms with E-state index in [9.17, 15) is 4.79 Å². The quantitative estimate of drug-likeness (QED) is 0.544. The minimum atomic E-state index is -0.359. The highest BCUT2D eigenvalue weighted by molar-refractivity contribution is 5.78. The molecule has 3 heteroatoms. The van der Waals surface area contributed by atoms with Crippen molar-refractivity contribution in [3.8, 4) is 0 Å². The van der Waals surface area contributed by atoms with Crippen LogP contribution < -0.4 is 0 Å². The van der Waals surface area contributed by atoms with E-state index in [1.54, 1.807) is 0 Å². The number of piperidine rings is 1. The van der Waals surface area contributed by atoms with Crippen molar-refractivity contribution < 1.29 is 9.53 Å². The van der Waals surface area contributed by atoms with Crippen LogP contribution in [0.4, 0.5) is 0 Å². The molecule has 2 rings (SSSR count). The molecule has 0 radical (unpaired) electrons. The molecule has 0 spiro atoms. The standard InChI is InChI=1S/C9H15NO2/c1-9(2)10-7(6-12-9)4-3-5-8(10)11/h7H,3-6H2,1-2H3. The molecule has 2 saturated heterocycles. The largest absolute Gasteiger partial charge is 0.354 e. The van der Waals surface area contributed by atoms with Gasteiger partial charge in [0.15, 0.2) is 0 Å². The molecule has 0 aliphatic carbocycles. The van der Waals surface area contributed by atoms with Gasteiger partial charge in [-0.3, -0.25) is 4.79 Å². The summed E-state index contributed by atoms with van der Waals surface area (Å²) < 4.78 is 5.56. The highest BCUT2D eigenvalue weighted by atomic mass is 16.5. The minimum Gasteiger partial charge on any atom is -0.354 e. The predicted molar refractivity (Wildman–Crippen MR) is 44.5 cm³/mol. The Morgan fingerprint density at radius 1 is 1.58 bits per heavy atom. The van der Waals surface area contributed by atoms with Gasteiger partial charge in [-0.1, -0.05) is 0 Å². The van der Waals surface area contributed by atoms with Crippen LogP contribution in [-0.2, 0) is 9.53 Å². The molecule has 0 saturated carbocycles. The number of hydrogen-bond donors (Lipinski definition) is 0. The summed E-state index contributed by atoms with van der Waals surface area (Å²) in [6.45, 7) is 4.66. The van der Waals surface area contributed by atoms with Crippen molar-refractivity contribution in [2.24, 2.45) is 0 Å². The number of carbonyl (C=O) groups excluding carboxylic acids is 1. The van der Waals surface area contributed by atoms with Crippen LogP contribution in [0.3, 0.4) is 0 Å². The molecule has 2 aliphatic rings. The number of rotatable bonds is 0. The van der Waals surface area contributed by atoms with E-state index in [2.05, 4.69) is 0 Å². The summed E-state index contributed by atoms with van der Waals surface area (Å²) in [6, 6.07) is 0.348. The molecule has 0 aromatic rings. The van der Waals surface area contributed by atoms with E-state index in [1.165, 1.54) is 0 Å². The van der Waals surface area contributed by atoms with Crippen LogP contribution in [0.5, 0.6) is 0 Å². The average molecular weight is 169 g/mol. The molecule has 68 valence electrons. The van der Waals surface area contributed by atoms with E-state index in [1.807, 2.05) is 18.7 Å². The maximum Gasteiger partial charge on any atom is 0.225 e. The van der Waals surface area contributed by atoms with Crippen LogP contribution in [-0.4, -0.2) is 29.2 Å². The maximum atomic E-state index is 11.5. The Labute approximate surface area is 72.7 Å². The highest BCUT2D eigenvalue weighted by Gasteiger charge is 2.44. The van der Waals surface area contributed by atoms with Crippen LogP contribution in [0.15, 0.2) is 0 Å². The van der Waals surface area contributed by atoms with E-state index in [0.717, 1.165) is 19.4 Å². The molecule has 0 aromatic heterocycles. The number of hydrogen-bond acceptors (Lipinski definition) is 2. The average Bonchev–Trinajstić information content (AvgIpc) is 2.29. The summed E-state index contributed by atoms with van der Waals surface area (Å²) in [6.07, 6.45) is 2.83. The third-order valence-corrected chi connectivity index (χ3v) is 2.77. The van der Waals surface area contributed by atoms with Crippen LogP contribution in [0.1, 0.15) is 33.1 Å². The molecule has 1 atom stereocenters. The first-order valence-corrected chi connectivity index (χ1v) is 4.57. The second kappa shape index (κ2) is 2.46. The monoisotopic (exact) mass is 169 g/mol. The molecule has 2 heterocycles. The van der Waals surface area contributed by atoms with Gasteiger partial charge in [0.05, 0.1) is 12.6 Å². The van der Waals surface area contributed by atoms with Crippen molar-refractivity contribution >= 4 is 5.91 Å². The fourth-order valence-electron chi connectivity index (χ4n) is 2.21. The van der Waals surface area contributed by atoms with Gasteiger partial charge >= 0.3 is 0 Å². The van der Waals surface area contributed by atoms with Crippen molar-refractivity contribution in [3.05, 3.63) is 0 Å². The first-order chi connectivity index (χ1) is 5.61. The zero-order valence-corrected chi connectivity index (χ0v) is 7.67. The maximum absolute atomic E-state index is 11.5. The zero-order valence-electron chi connectivity index (χ0n) is 7.67. The van der Waals surface area contributed by atoms with E-state index in [0.29, 0.717) is 12.5 Å². The van der Waals surface area contributed by atoms with Crippen molar-refractivity contribution in [2.45, 2.75) is 44.9 Å². The van der Waals surface area contributed by atoms with Crippen LogP contribution >= 0.6 is 0 Å². The van der Waals surface area contributed by atoms with E-state index in [4.69, 9.17) is 4.74 Å². The molecule has 0 N–H and O–H groups in total. The first kappa shape index (κ1) is 8.05. The van der Waals surface area contributed by atoms with Crippen LogP contribution in [0.25, 0.3) is 0 Å². The predicted octanol–water partition coefficient (Wildman–Crippen LogP) is 1.13. The lowest BCUT2D eigenvalue weighted by molar-refractivity contribution is -0.148. The molecule has 3 nitrogen and oxygen atoms in total. The third-order valence-electron chi connectivity index (χ3n) is 2.77.